The number of carbonyl (C=O) groups is 1. The van der Waals surface area contributed by atoms with Gasteiger partial charge in [-0.25, -0.2) is 5.43 Å². The van der Waals surface area contributed by atoms with Crippen molar-refractivity contribution in [3.05, 3.63) is 50.1 Å². The first-order valence-corrected chi connectivity index (χ1v) is 8.63. The molecule has 23 heavy (non-hydrogen) atoms. The van der Waals surface area contributed by atoms with Gasteiger partial charge >= 0.3 is 0 Å². The molecule has 0 saturated carbocycles. The first kappa shape index (κ1) is 17.8. The molecule has 0 atom stereocenters. The molecule has 0 bridgehead atoms. The molecule has 122 valence electrons. The van der Waals surface area contributed by atoms with Gasteiger partial charge in [-0.2, -0.15) is 5.10 Å². The topological polar surface area (TPSA) is 50.7 Å². The Morgan fingerprint density at radius 1 is 1.39 bits per heavy atom. The fourth-order valence-electron chi connectivity index (χ4n) is 1.74. The number of hydrazone groups is 1. The lowest BCUT2D eigenvalue weighted by Crippen LogP contribution is -2.18. The smallest absolute Gasteiger partial charge is 0.240 e. The van der Waals surface area contributed by atoms with Gasteiger partial charge in [-0.15, -0.1) is 11.3 Å². The van der Waals surface area contributed by atoms with E-state index in [1.807, 2.05) is 18.4 Å². The molecule has 0 fully saturated rings. The van der Waals surface area contributed by atoms with Gasteiger partial charge in [-0.1, -0.05) is 23.2 Å². The highest BCUT2D eigenvalue weighted by atomic mass is 35.5. The summed E-state index contributed by atoms with van der Waals surface area (Å²) in [5.74, 6) is 0.406. The molecule has 1 aromatic heterocycles. The second-order valence-corrected chi connectivity index (χ2v) is 6.58. The van der Waals surface area contributed by atoms with Crippen LogP contribution in [0.4, 0.5) is 0 Å². The quantitative estimate of drug-likeness (QED) is 0.437. The zero-order valence-electron chi connectivity index (χ0n) is 12.5. The normalized spacial score (nSPS) is 10.9. The monoisotopic (exact) mass is 370 g/mol. The van der Waals surface area contributed by atoms with Crippen molar-refractivity contribution >= 4 is 46.7 Å². The van der Waals surface area contributed by atoms with E-state index in [1.165, 1.54) is 0 Å². The van der Waals surface area contributed by atoms with Crippen molar-refractivity contribution in [1.82, 2.24) is 5.43 Å². The molecule has 0 aliphatic rings. The Bertz CT molecular complexity index is 701. The van der Waals surface area contributed by atoms with E-state index in [1.54, 1.807) is 35.8 Å². The van der Waals surface area contributed by atoms with Crippen LogP contribution in [0.2, 0.25) is 10.0 Å². The summed E-state index contributed by atoms with van der Waals surface area (Å²) in [7, 11) is 0. The molecular formula is C16H16Cl2N2O2S. The van der Waals surface area contributed by atoms with E-state index in [4.69, 9.17) is 27.9 Å². The minimum Gasteiger partial charge on any atom is -0.492 e. The summed E-state index contributed by atoms with van der Waals surface area (Å²) in [5, 5.41) is 6.94. The largest absolute Gasteiger partial charge is 0.492 e. The Kier molecular flexibility index (Phi) is 6.89. The molecule has 2 rings (SSSR count). The Morgan fingerprint density at radius 3 is 2.91 bits per heavy atom. The van der Waals surface area contributed by atoms with Crippen LogP contribution in [0.5, 0.6) is 5.75 Å². The number of hydrogen-bond acceptors (Lipinski definition) is 4. The van der Waals surface area contributed by atoms with Crippen LogP contribution in [0.3, 0.4) is 0 Å². The van der Waals surface area contributed by atoms with Gasteiger partial charge < -0.3 is 4.74 Å². The minimum atomic E-state index is -0.152. The third-order valence-corrected chi connectivity index (χ3v) is 4.46. The third-order valence-electron chi connectivity index (χ3n) is 2.97. The molecule has 4 nitrogen and oxygen atoms in total. The first-order chi connectivity index (χ1) is 11.1. The van der Waals surface area contributed by atoms with Crippen molar-refractivity contribution in [2.75, 3.05) is 6.61 Å². The number of nitrogens with one attached hydrogen (secondary N) is 1. The molecule has 0 unspecified atom stereocenters. The highest BCUT2D eigenvalue weighted by molar-refractivity contribution is 7.11. The second-order valence-electron chi connectivity index (χ2n) is 4.79. The minimum absolute atomic E-state index is 0.152. The Morgan fingerprint density at radius 2 is 2.22 bits per heavy atom. The maximum Gasteiger partial charge on any atom is 0.240 e. The summed E-state index contributed by atoms with van der Waals surface area (Å²) < 4.78 is 5.51. The highest BCUT2D eigenvalue weighted by Gasteiger charge is 2.04. The molecule has 1 N–H and O–H groups in total. The van der Waals surface area contributed by atoms with E-state index >= 15 is 0 Å². The van der Waals surface area contributed by atoms with Crippen molar-refractivity contribution in [2.24, 2.45) is 5.10 Å². The first-order valence-electron chi connectivity index (χ1n) is 7.00. The Balaban J connectivity index is 1.67. The zero-order valence-corrected chi connectivity index (χ0v) is 14.8. The van der Waals surface area contributed by atoms with E-state index in [0.717, 1.165) is 10.4 Å². The van der Waals surface area contributed by atoms with Crippen LogP contribution in [0.1, 0.15) is 23.3 Å². The lowest BCUT2D eigenvalue weighted by Gasteiger charge is -2.07. The SMILES string of the molecule is Cc1ccsc1/C=N\NC(=O)CCCOc1ccc(Cl)cc1Cl. The van der Waals surface area contributed by atoms with Crippen LogP contribution in [0.25, 0.3) is 0 Å². The average Bonchev–Trinajstić information content (AvgIpc) is 2.91. The molecule has 0 radical (unpaired) electrons. The Hall–Kier alpha value is -1.56. The number of amides is 1. The average molecular weight is 371 g/mol. The second kappa shape index (κ2) is 8.91. The summed E-state index contributed by atoms with van der Waals surface area (Å²) >= 11 is 13.4. The number of carbonyl (C=O) groups excluding carboxylic acids is 1. The predicted molar refractivity (Wildman–Crippen MR) is 96.0 cm³/mol. The van der Waals surface area contributed by atoms with Crippen LogP contribution in [-0.4, -0.2) is 18.7 Å². The maximum absolute atomic E-state index is 11.7. The van der Waals surface area contributed by atoms with Gasteiger partial charge in [0.2, 0.25) is 5.91 Å². The van der Waals surface area contributed by atoms with E-state index in [-0.39, 0.29) is 5.91 Å². The van der Waals surface area contributed by atoms with Gasteiger partial charge in [0, 0.05) is 16.3 Å². The van der Waals surface area contributed by atoms with Crippen molar-refractivity contribution < 1.29 is 9.53 Å². The molecule has 7 heteroatoms. The van der Waals surface area contributed by atoms with Crippen LogP contribution in [-0.2, 0) is 4.79 Å². The number of nitrogens with zero attached hydrogens (tertiary/aromatic N) is 1. The lowest BCUT2D eigenvalue weighted by atomic mass is 10.3. The maximum atomic E-state index is 11.7. The number of halogens is 2. The van der Waals surface area contributed by atoms with E-state index in [0.29, 0.717) is 35.2 Å². The summed E-state index contributed by atoms with van der Waals surface area (Å²) in [6.45, 7) is 2.39. The van der Waals surface area contributed by atoms with E-state index in [9.17, 15) is 4.79 Å². The number of ether oxygens (including phenoxy) is 1. The zero-order chi connectivity index (χ0) is 16.7. The van der Waals surface area contributed by atoms with Crippen molar-refractivity contribution in [3.8, 4) is 5.75 Å². The number of rotatable bonds is 7. The lowest BCUT2D eigenvalue weighted by molar-refractivity contribution is -0.121. The van der Waals surface area contributed by atoms with Gasteiger partial charge in [0.15, 0.2) is 0 Å². The van der Waals surface area contributed by atoms with Gasteiger partial charge in [-0.3, -0.25) is 4.79 Å². The van der Waals surface area contributed by atoms with Crippen molar-refractivity contribution in [3.63, 3.8) is 0 Å². The number of thiophene rings is 1. The molecular weight excluding hydrogens is 355 g/mol. The number of aryl methyl sites for hydroxylation is 1. The Labute approximate surface area is 149 Å². The molecule has 1 amide bonds. The molecule has 0 aliphatic heterocycles. The van der Waals surface area contributed by atoms with Crippen LogP contribution < -0.4 is 10.2 Å². The van der Waals surface area contributed by atoms with Crippen LogP contribution >= 0.6 is 34.5 Å². The van der Waals surface area contributed by atoms with Gasteiger partial charge in [0.05, 0.1) is 17.8 Å². The highest BCUT2D eigenvalue weighted by Crippen LogP contribution is 2.27. The third kappa shape index (κ3) is 5.86. The van der Waals surface area contributed by atoms with Crippen molar-refractivity contribution in [1.29, 1.82) is 0 Å². The predicted octanol–water partition coefficient (Wildman–Crippen LogP) is 4.67. The van der Waals surface area contributed by atoms with Crippen LogP contribution in [0, 0.1) is 6.92 Å². The standard InChI is InChI=1S/C16H16Cl2N2O2S/c1-11-6-8-23-15(11)10-19-20-16(21)3-2-7-22-14-5-4-12(17)9-13(14)18/h4-6,8-10H,2-3,7H2,1H3,(H,20,21)/b19-10-. The van der Waals surface area contributed by atoms with Gasteiger partial charge in [0.1, 0.15) is 5.75 Å². The van der Waals surface area contributed by atoms with Crippen LogP contribution in [0.15, 0.2) is 34.7 Å². The number of benzene rings is 1. The summed E-state index contributed by atoms with van der Waals surface area (Å²) in [5.41, 5.74) is 3.64. The number of hydrogen-bond donors (Lipinski definition) is 1. The van der Waals surface area contributed by atoms with Crippen molar-refractivity contribution in [2.45, 2.75) is 19.8 Å². The molecule has 0 saturated heterocycles. The van der Waals surface area contributed by atoms with E-state index in [2.05, 4.69) is 10.5 Å². The summed E-state index contributed by atoms with van der Waals surface area (Å²) in [4.78, 5) is 12.7. The van der Waals surface area contributed by atoms with Gasteiger partial charge in [-0.05, 0) is 48.6 Å². The molecule has 1 heterocycles. The summed E-state index contributed by atoms with van der Waals surface area (Å²) in [6.07, 6.45) is 2.55. The fraction of sp³-hybridized carbons (Fsp3) is 0.250. The van der Waals surface area contributed by atoms with E-state index < -0.39 is 0 Å². The molecule has 2 aromatic rings. The summed E-state index contributed by atoms with van der Waals surface area (Å²) in [6, 6.07) is 7.04. The molecule has 0 spiro atoms. The molecule has 1 aromatic carbocycles. The van der Waals surface area contributed by atoms with Gasteiger partial charge in [0.25, 0.3) is 0 Å². The molecule has 0 aliphatic carbocycles. The fourth-order valence-corrected chi connectivity index (χ4v) is 2.99.